The van der Waals surface area contributed by atoms with Gasteiger partial charge in [0.2, 0.25) is 5.91 Å². The maximum Gasteiger partial charge on any atom is 0.247 e. The quantitative estimate of drug-likeness (QED) is 0.198. The van der Waals surface area contributed by atoms with Gasteiger partial charge in [-0.3, -0.25) is 9.63 Å². The van der Waals surface area contributed by atoms with Crippen LogP contribution in [0.5, 0.6) is 17.2 Å². The molecule has 0 spiro atoms. The van der Waals surface area contributed by atoms with Crippen LogP contribution < -0.4 is 30.1 Å². The molecule has 0 radical (unpaired) electrons. The topological polar surface area (TPSA) is 104 Å². The van der Waals surface area contributed by atoms with Crippen molar-refractivity contribution in [2.24, 2.45) is 0 Å². The number of benzene rings is 3. The molecule has 13 heteroatoms. The van der Waals surface area contributed by atoms with Crippen LogP contribution in [0.2, 0.25) is 0 Å². The van der Waals surface area contributed by atoms with Crippen LogP contribution in [0.4, 0.5) is 37.5 Å². The lowest BCUT2D eigenvalue weighted by atomic mass is 10.0. The molecule has 0 aliphatic carbocycles. The second-order valence-corrected chi connectivity index (χ2v) is 11.1. The van der Waals surface area contributed by atoms with E-state index in [1.54, 1.807) is 36.4 Å². The Kier molecular flexibility index (Phi) is 9.45. The zero-order valence-electron chi connectivity index (χ0n) is 26.1. The summed E-state index contributed by atoms with van der Waals surface area (Å²) in [7, 11) is 3.65. The Morgan fingerprint density at radius 3 is 2.60 bits per heavy atom. The van der Waals surface area contributed by atoms with Crippen LogP contribution in [0.1, 0.15) is 18.0 Å². The van der Waals surface area contributed by atoms with Crippen molar-refractivity contribution < 1.29 is 27.9 Å². The van der Waals surface area contributed by atoms with E-state index >= 15 is 4.39 Å². The van der Waals surface area contributed by atoms with Crippen molar-refractivity contribution in [3.05, 3.63) is 96.8 Å². The van der Waals surface area contributed by atoms with Crippen molar-refractivity contribution in [2.75, 3.05) is 67.5 Å². The van der Waals surface area contributed by atoms with Gasteiger partial charge in [-0.05, 0) is 49.5 Å². The maximum absolute atomic E-state index is 15.2. The number of hydrogen-bond acceptors (Lipinski definition) is 10. The zero-order valence-corrected chi connectivity index (χ0v) is 26.1. The molecule has 3 aromatic carbocycles. The molecule has 0 saturated carbocycles. The summed E-state index contributed by atoms with van der Waals surface area (Å²) in [6.45, 7) is 7.27. The van der Waals surface area contributed by atoms with Gasteiger partial charge in [-0.2, -0.15) is 0 Å². The minimum Gasteiger partial charge on any atom is -0.494 e. The van der Waals surface area contributed by atoms with Crippen LogP contribution in [0, 0.1) is 11.6 Å². The highest BCUT2D eigenvalue weighted by Gasteiger charge is 2.32. The van der Waals surface area contributed by atoms with Crippen molar-refractivity contribution in [1.29, 1.82) is 0 Å². The van der Waals surface area contributed by atoms with E-state index in [0.717, 1.165) is 31.9 Å². The fraction of sp³-hybridized carbons (Fsp3) is 0.265. The number of nitrogens with one attached hydrogen (secondary N) is 2. The maximum atomic E-state index is 15.2. The highest BCUT2D eigenvalue weighted by molar-refractivity contribution is 6.02. The summed E-state index contributed by atoms with van der Waals surface area (Å²) >= 11 is 0. The van der Waals surface area contributed by atoms with Crippen LogP contribution in [0.3, 0.4) is 0 Å². The first kappa shape index (κ1) is 31.7. The zero-order chi connectivity index (χ0) is 32.9. The van der Waals surface area contributed by atoms with Crippen LogP contribution in [0.25, 0.3) is 0 Å². The van der Waals surface area contributed by atoms with Crippen molar-refractivity contribution in [2.45, 2.75) is 12.5 Å². The first-order chi connectivity index (χ1) is 22.8. The van der Waals surface area contributed by atoms with Crippen molar-refractivity contribution >= 4 is 34.6 Å². The van der Waals surface area contributed by atoms with Crippen molar-refractivity contribution in [3.63, 3.8) is 0 Å². The molecule has 2 N–H and O–H groups in total. The van der Waals surface area contributed by atoms with Crippen molar-refractivity contribution in [3.8, 4) is 17.2 Å². The van der Waals surface area contributed by atoms with Gasteiger partial charge in [0.1, 0.15) is 41.0 Å². The number of amides is 1. The average Bonchev–Trinajstić information content (AvgIpc) is 3.56. The summed E-state index contributed by atoms with van der Waals surface area (Å²) in [6, 6.07) is 15.0. The van der Waals surface area contributed by atoms with Gasteiger partial charge in [-0.25, -0.2) is 23.8 Å². The number of carbonyl (C=O) groups is 1. The van der Waals surface area contributed by atoms with Gasteiger partial charge in [0, 0.05) is 56.4 Å². The number of likely N-dealkylation sites (N-methyl/N-ethyl adjacent to an activating group) is 1. The molecule has 1 amide bonds. The predicted molar refractivity (Wildman–Crippen MR) is 176 cm³/mol. The predicted octanol–water partition coefficient (Wildman–Crippen LogP) is 6.06. The molecule has 2 aliphatic rings. The standard InChI is InChI=1S/C34H35F2N7O4/c1-4-34(44)40-27-18-28(31(45-3)19-30(27)42-13-11-41(2)12-14-42)39-32-20-33(38-21-37-32)43-29(10-15-46-43)25-17-24(8-9-26(25)36)47-23-7-5-6-22(35)16-23/h4-9,16-21,29H,1,10-15H2,2-3H3,(H,40,44)(H,37,38,39)/t29-/m1/s1. The number of hydrogen-bond donors (Lipinski definition) is 2. The molecule has 4 aromatic rings. The Morgan fingerprint density at radius 1 is 1.02 bits per heavy atom. The first-order valence-electron chi connectivity index (χ1n) is 15.1. The van der Waals surface area contributed by atoms with E-state index in [0.29, 0.717) is 58.9 Å². The smallest absolute Gasteiger partial charge is 0.247 e. The van der Waals surface area contributed by atoms with Crippen LogP contribution >= 0.6 is 0 Å². The molecule has 0 bridgehead atoms. The van der Waals surface area contributed by atoms with E-state index in [-0.39, 0.29) is 5.91 Å². The molecule has 2 saturated heterocycles. The molecule has 2 fully saturated rings. The average molecular weight is 644 g/mol. The molecule has 47 heavy (non-hydrogen) atoms. The summed E-state index contributed by atoms with van der Waals surface area (Å²) in [4.78, 5) is 31.5. The molecular weight excluding hydrogens is 608 g/mol. The lowest BCUT2D eigenvalue weighted by Crippen LogP contribution is -2.44. The highest BCUT2D eigenvalue weighted by Crippen LogP contribution is 2.41. The molecule has 2 aliphatic heterocycles. The fourth-order valence-corrected chi connectivity index (χ4v) is 5.59. The van der Waals surface area contributed by atoms with E-state index in [1.165, 1.54) is 42.7 Å². The van der Waals surface area contributed by atoms with Crippen LogP contribution in [-0.2, 0) is 9.63 Å². The Labute approximate surface area is 271 Å². The van der Waals surface area contributed by atoms with Crippen molar-refractivity contribution in [1.82, 2.24) is 14.9 Å². The van der Waals surface area contributed by atoms with Gasteiger partial charge < -0.3 is 29.9 Å². The number of ether oxygens (including phenoxy) is 2. The lowest BCUT2D eigenvalue weighted by molar-refractivity contribution is -0.111. The van der Waals surface area contributed by atoms with E-state index < -0.39 is 17.7 Å². The van der Waals surface area contributed by atoms with E-state index in [1.807, 2.05) is 6.07 Å². The van der Waals surface area contributed by atoms with E-state index in [9.17, 15) is 9.18 Å². The monoisotopic (exact) mass is 643 g/mol. The Hall–Kier alpha value is -5.27. The van der Waals surface area contributed by atoms with E-state index in [2.05, 4.69) is 44.0 Å². The molecule has 3 heterocycles. The third-order valence-corrected chi connectivity index (χ3v) is 8.01. The summed E-state index contributed by atoms with van der Waals surface area (Å²) in [5, 5.41) is 7.74. The number of halogens is 2. The fourth-order valence-electron chi connectivity index (χ4n) is 5.59. The number of nitrogens with zero attached hydrogens (tertiary/aromatic N) is 5. The molecule has 1 atom stereocenters. The number of piperazine rings is 1. The van der Waals surface area contributed by atoms with Crippen LogP contribution in [-0.4, -0.2) is 67.7 Å². The Balaban J connectivity index is 1.26. The second kappa shape index (κ2) is 14.0. The van der Waals surface area contributed by atoms with Gasteiger partial charge in [0.25, 0.3) is 0 Å². The number of hydroxylamine groups is 1. The molecular formula is C34H35F2N7O4. The number of carbonyl (C=O) groups excluding carboxylic acids is 1. The third-order valence-electron chi connectivity index (χ3n) is 8.01. The summed E-state index contributed by atoms with van der Waals surface area (Å²) in [5.74, 6) is 0.800. The van der Waals surface area contributed by atoms with Gasteiger partial charge >= 0.3 is 0 Å². The number of anilines is 5. The summed E-state index contributed by atoms with van der Waals surface area (Å²) in [5.41, 5.74) is 2.32. The number of rotatable bonds is 10. The minimum atomic E-state index is -0.521. The Morgan fingerprint density at radius 2 is 1.83 bits per heavy atom. The SMILES string of the molecule is C=CC(=O)Nc1cc(Nc2cc(N3OCC[C@@H]3c3cc(Oc4cccc(F)c4)ccc3F)ncn2)c(OC)cc1N1CCN(C)CC1. The van der Waals surface area contributed by atoms with Gasteiger partial charge in [0.15, 0.2) is 5.82 Å². The third kappa shape index (κ3) is 7.26. The van der Waals surface area contributed by atoms with Gasteiger partial charge in [-0.1, -0.05) is 12.6 Å². The van der Waals surface area contributed by atoms with Crippen LogP contribution in [0.15, 0.2) is 79.6 Å². The van der Waals surface area contributed by atoms with Gasteiger partial charge in [0.05, 0.1) is 36.8 Å². The second-order valence-electron chi connectivity index (χ2n) is 11.1. The summed E-state index contributed by atoms with van der Waals surface area (Å²) < 4.78 is 40.5. The normalized spacial score (nSPS) is 16.6. The Bertz CT molecular complexity index is 1770. The number of methoxy groups -OCH3 is 1. The van der Waals surface area contributed by atoms with E-state index in [4.69, 9.17) is 14.3 Å². The minimum absolute atomic E-state index is 0.299. The molecule has 1 aromatic heterocycles. The number of aromatic nitrogens is 2. The molecule has 244 valence electrons. The molecule has 6 rings (SSSR count). The highest BCUT2D eigenvalue weighted by atomic mass is 19.1. The first-order valence-corrected chi connectivity index (χ1v) is 15.1. The molecule has 0 unspecified atom stereocenters. The summed E-state index contributed by atoms with van der Waals surface area (Å²) in [6.07, 6.45) is 3.09. The molecule has 11 nitrogen and oxygen atoms in total. The largest absolute Gasteiger partial charge is 0.494 e. The van der Waals surface area contributed by atoms with Gasteiger partial charge in [-0.15, -0.1) is 0 Å². The lowest BCUT2D eigenvalue weighted by Gasteiger charge is -2.35.